The van der Waals surface area contributed by atoms with Crippen molar-refractivity contribution in [2.24, 2.45) is 7.05 Å². The van der Waals surface area contributed by atoms with Gasteiger partial charge in [0, 0.05) is 24.9 Å². The summed E-state index contributed by atoms with van der Waals surface area (Å²) < 4.78 is 1.39. The summed E-state index contributed by atoms with van der Waals surface area (Å²) in [7, 11) is 1.61. The van der Waals surface area contributed by atoms with E-state index >= 15 is 0 Å². The van der Waals surface area contributed by atoms with E-state index in [2.05, 4.69) is 9.97 Å². The zero-order valence-electron chi connectivity index (χ0n) is 12.1. The predicted molar refractivity (Wildman–Crippen MR) is 87.4 cm³/mol. The average molecular weight is 328 g/mol. The Morgan fingerprint density at radius 1 is 1.26 bits per heavy atom. The van der Waals surface area contributed by atoms with E-state index in [9.17, 15) is 14.7 Å². The highest BCUT2D eigenvalue weighted by Crippen LogP contribution is 2.32. The van der Waals surface area contributed by atoms with Gasteiger partial charge in [-0.2, -0.15) is 0 Å². The van der Waals surface area contributed by atoms with Crippen molar-refractivity contribution >= 4 is 23.1 Å². The van der Waals surface area contributed by atoms with Gasteiger partial charge >= 0.3 is 5.97 Å². The van der Waals surface area contributed by atoms with Crippen LogP contribution in [0.5, 0.6) is 0 Å². The Hall–Kier alpha value is -3.00. The predicted octanol–water partition coefficient (Wildman–Crippen LogP) is 1.85. The molecule has 3 aromatic heterocycles. The van der Waals surface area contributed by atoms with Gasteiger partial charge in [-0.25, -0.2) is 14.8 Å². The number of aryl methyl sites for hydroxylation is 1. The quantitative estimate of drug-likeness (QED) is 0.759. The van der Waals surface area contributed by atoms with Crippen LogP contribution in [-0.2, 0) is 7.05 Å². The molecule has 0 bridgehead atoms. The molecule has 3 aromatic rings. The molecule has 23 heavy (non-hydrogen) atoms. The Kier molecular flexibility index (Phi) is 3.67. The maximum atomic E-state index is 11.6. The summed E-state index contributed by atoms with van der Waals surface area (Å²) in [6, 6.07) is 6.69. The SMILES string of the molecule is Cn1cc(-c2nc(C(=O)O)c(N)nc2-c2cccs2)ccc1=O. The van der Waals surface area contributed by atoms with E-state index in [1.807, 2.05) is 17.5 Å². The number of carboxylic acid groups (broad SMARTS) is 1. The van der Waals surface area contributed by atoms with E-state index in [0.717, 1.165) is 4.88 Å². The number of anilines is 1. The lowest BCUT2D eigenvalue weighted by Gasteiger charge is -2.10. The number of aromatic nitrogens is 3. The van der Waals surface area contributed by atoms with E-state index in [0.29, 0.717) is 17.0 Å². The molecule has 0 amide bonds. The first-order valence-corrected chi connectivity index (χ1v) is 7.47. The highest BCUT2D eigenvalue weighted by atomic mass is 32.1. The van der Waals surface area contributed by atoms with Gasteiger partial charge in [0.1, 0.15) is 11.4 Å². The van der Waals surface area contributed by atoms with Crippen molar-refractivity contribution in [2.75, 3.05) is 5.73 Å². The van der Waals surface area contributed by atoms with E-state index in [4.69, 9.17) is 5.73 Å². The molecule has 0 aliphatic carbocycles. The zero-order valence-corrected chi connectivity index (χ0v) is 12.9. The standard InChI is InChI=1S/C15H12N4O3S/c1-19-7-8(4-5-10(19)20)11-12(9-3-2-6-23-9)18-14(16)13(17-11)15(21)22/h2-7H,1H3,(H2,16,18)(H,21,22). The molecule has 0 aliphatic rings. The summed E-state index contributed by atoms with van der Waals surface area (Å²) in [5.74, 6) is -1.40. The molecule has 0 unspecified atom stereocenters. The summed E-state index contributed by atoms with van der Waals surface area (Å²) in [4.78, 5) is 32.1. The minimum Gasteiger partial charge on any atom is -0.476 e. The number of pyridine rings is 1. The smallest absolute Gasteiger partial charge is 0.358 e. The first-order chi connectivity index (χ1) is 11.0. The Balaban J connectivity index is 2.31. The van der Waals surface area contributed by atoms with Gasteiger partial charge in [0.2, 0.25) is 5.56 Å². The molecule has 0 saturated carbocycles. The lowest BCUT2D eigenvalue weighted by Crippen LogP contribution is -2.15. The monoisotopic (exact) mass is 328 g/mol. The molecule has 0 aliphatic heterocycles. The van der Waals surface area contributed by atoms with E-state index in [1.165, 1.54) is 22.0 Å². The summed E-state index contributed by atoms with van der Waals surface area (Å²) in [5.41, 5.74) is 6.69. The fraction of sp³-hybridized carbons (Fsp3) is 0.0667. The van der Waals surface area contributed by atoms with Crippen LogP contribution in [0.3, 0.4) is 0 Å². The van der Waals surface area contributed by atoms with Gasteiger partial charge in [-0.15, -0.1) is 11.3 Å². The maximum Gasteiger partial charge on any atom is 0.358 e. The number of carbonyl (C=O) groups is 1. The highest BCUT2D eigenvalue weighted by molar-refractivity contribution is 7.13. The van der Waals surface area contributed by atoms with Crippen LogP contribution in [0.15, 0.2) is 40.6 Å². The van der Waals surface area contributed by atoms with Crippen molar-refractivity contribution in [2.45, 2.75) is 0 Å². The van der Waals surface area contributed by atoms with Crippen LogP contribution >= 0.6 is 11.3 Å². The molecular formula is C15H12N4O3S. The van der Waals surface area contributed by atoms with Gasteiger partial charge in [0.05, 0.1) is 4.88 Å². The third-order valence-corrected chi connectivity index (χ3v) is 4.12. The molecule has 0 saturated heterocycles. The number of nitrogen functional groups attached to an aromatic ring is 1. The number of nitrogens with two attached hydrogens (primary N) is 1. The van der Waals surface area contributed by atoms with Crippen LogP contribution in [0.4, 0.5) is 5.82 Å². The van der Waals surface area contributed by atoms with Crippen LogP contribution in [0.2, 0.25) is 0 Å². The van der Waals surface area contributed by atoms with Gasteiger partial charge in [-0.05, 0) is 17.5 Å². The Labute approximate surface area is 134 Å². The van der Waals surface area contributed by atoms with Crippen molar-refractivity contribution in [3.63, 3.8) is 0 Å². The van der Waals surface area contributed by atoms with Crippen molar-refractivity contribution in [3.05, 3.63) is 51.9 Å². The zero-order chi connectivity index (χ0) is 16.6. The van der Waals surface area contributed by atoms with Gasteiger partial charge in [-0.3, -0.25) is 4.79 Å². The fourth-order valence-corrected chi connectivity index (χ4v) is 2.84. The second-order valence-electron chi connectivity index (χ2n) is 4.80. The topological polar surface area (TPSA) is 111 Å². The number of carboxylic acids is 1. The van der Waals surface area contributed by atoms with Crippen LogP contribution in [0.25, 0.3) is 21.8 Å². The normalized spacial score (nSPS) is 10.7. The Morgan fingerprint density at radius 2 is 2.04 bits per heavy atom. The third kappa shape index (κ3) is 2.71. The second-order valence-corrected chi connectivity index (χ2v) is 5.75. The number of hydrogen-bond donors (Lipinski definition) is 2. The second kappa shape index (κ2) is 5.65. The van der Waals surface area contributed by atoms with E-state index in [-0.39, 0.29) is 17.1 Å². The largest absolute Gasteiger partial charge is 0.476 e. The summed E-state index contributed by atoms with van der Waals surface area (Å²) >= 11 is 1.44. The summed E-state index contributed by atoms with van der Waals surface area (Å²) in [5, 5.41) is 11.1. The minimum absolute atomic E-state index is 0.144. The van der Waals surface area contributed by atoms with Crippen molar-refractivity contribution < 1.29 is 9.90 Å². The van der Waals surface area contributed by atoms with Crippen LogP contribution in [0, 0.1) is 0 Å². The van der Waals surface area contributed by atoms with Crippen molar-refractivity contribution in [3.8, 4) is 21.8 Å². The molecule has 0 atom stereocenters. The number of rotatable bonds is 3. The first kappa shape index (κ1) is 14.9. The molecule has 116 valence electrons. The van der Waals surface area contributed by atoms with E-state index < -0.39 is 5.97 Å². The summed E-state index contributed by atoms with van der Waals surface area (Å²) in [6.07, 6.45) is 1.59. The lowest BCUT2D eigenvalue weighted by atomic mass is 10.1. The number of hydrogen-bond acceptors (Lipinski definition) is 6. The fourth-order valence-electron chi connectivity index (χ4n) is 2.13. The minimum atomic E-state index is -1.25. The highest BCUT2D eigenvalue weighted by Gasteiger charge is 2.20. The molecule has 0 fully saturated rings. The molecule has 3 rings (SSSR count). The van der Waals surface area contributed by atoms with Gasteiger partial charge in [0.25, 0.3) is 0 Å². The Morgan fingerprint density at radius 3 is 2.65 bits per heavy atom. The number of aromatic carboxylic acids is 1. The van der Waals surface area contributed by atoms with Crippen molar-refractivity contribution in [1.82, 2.24) is 14.5 Å². The molecule has 7 nitrogen and oxygen atoms in total. The molecular weight excluding hydrogens is 316 g/mol. The van der Waals surface area contributed by atoms with Gasteiger partial charge < -0.3 is 15.4 Å². The first-order valence-electron chi connectivity index (χ1n) is 6.59. The molecule has 8 heteroatoms. The van der Waals surface area contributed by atoms with E-state index in [1.54, 1.807) is 19.3 Å². The maximum absolute atomic E-state index is 11.6. The lowest BCUT2D eigenvalue weighted by molar-refractivity contribution is 0.0691. The van der Waals surface area contributed by atoms with Gasteiger partial charge in [-0.1, -0.05) is 6.07 Å². The van der Waals surface area contributed by atoms with Gasteiger partial charge in [0.15, 0.2) is 11.5 Å². The molecule has 0 aromatic carbocycles. The summed E-state index contributed by atoms with van der Waals surface area (Å²) in [6.45, 7) is 0. The van der Waals surface area contributed by atoms with Crippen LogP contribution < -0.4 is 11.3 Å². The molecule has 3 heterocycles. The number of thiophene rings is 1. The molecule has 3 N–H and O–H groups in total. The van der Waals surface area contributed by atoms with Crippen LogP contribution in [0.1, 0.15) is 10.5 Å². The third-order valence-electron chi connectivity index (χ3n) is 3.24. The Bertz CT molecular complexity index is 948. The van der Waals surface area contributed by atoms with Crippen LogP contribution in [-0.4, -0.2) is 25.6 Å². The van der Waals surface area contributed by atoms with Crippen molar-refractivity contribution in [1.29, 1.82) is 0 Å². The molecule has 0 radical (unpaired) electrons. The number of nitrogens with zero attached hydrogens (tertiary/aromatic N) is 3. The molecule has 0 spiro atoms. The average Bonchev–Trinajstić information content (AvgIpc) is 3.03.